The molecule has 0 aromatic carbocycles. The van der Waals surface area contributed by atoms with E-state index in [1.165, 1.54) is 6.20 Å². The van der Waals surface area contributed by atoms with Crippen LogP contribution in [0.4, 0.5) is 0 Å². The molecule has 0 radical (unpaired) electrons. The largest absolute Gasteiger partial charge is 0.383 e. The van der Waals surface area contributed by atoms with Crippen molar-refractivity contribution in [1.29, 1.82) is 0 Å². The van der Waals surface area contributed by atoms with Crippen LogP contribution in [0.3, 0.4) is 0 Å². The van der Waals surface area contributed by atoms with Gasteiger partial charge in [-0.05, 0) is 13.0 Å². The zero-order valence-corrected chi connectivity index (χ0v) is 7.79. The quantitative estimate of drug-likeness (QED) is 0.605. The highest BCUT2D eigenvalue weighted by Crippen LogP contribution is 2.17. The highest BCUT2D eigenvalue weighted by atomic mass is 16.5. The van der Waals surface area contributed by atoms with Gasteiger partial charge in [0.05, 0.1) is 6.20 Å². The molecule has 0 saturated heterocycles. The molecule has 2 rings (SSSR count). The number of nitrogens with two attached hydrogens (primary N) is 1. The Morgan fingerprint density at radius 1 is 1.60 bits per heavy atom. The van der Waals surface area contributed by atoms with Crippen LogP contribution in [-0.2, 0) is 0 Å². The predicted octanol–water partition coefficient (Wildman–Crippen LogP) is -0.763. The van der Waals surface area contributed by atoms with Crippen LogP contribution in [0.5, 0.6) is 0 Å². The Kier molecular flexibility index (Phi) is 2.70. The van der Waals surface area contributed by atoms with Crippen molar-refractivity contribution < 1.29 is 9.63 Å². The molecule has 0 amide bonds. The van der Waals surface area contributed by atoms with Gasteiger partial charge in [-0.15, -0.1) is 0 Å². The van der Waals surface area contributed by atoms with Gasteiger partial charge >= 0.3 is 0 Å². The van der Waals surface area contributed by atoms with Crippen molar-refractivity contribution in [3.8, 4) is 11.5 Å². The summed E-state index contributed by atoms with van der Waals surface area (Å²) in [5.41, 5.74) is 5.75. The van der Waals surface area contributed by atoms with Gasteiger partial charge in [-0.2, -0.15) is 20.4 Å². The van der Waals surface area contributed by atoms with Crippen molar-refractivity contribution in [2.75, 3.05) is 6.54 Å². The van der Waals surface area contributed by atoms with E-state index in [4.69, 9.17) is 10.3 Å². The minimum absolute atomic E-state index is 0.137. The first-order valence-electron chi connectivity index (χ1n) is 4.39. The Labute approximate surface area is 84.5 Å². The van der Waals surface area contributed by atoms with E-state index in [0.717, 1.165) is 0 Å². The van der Waals surface area contributed by atoms with Crippen molar-refractivity contribution in [2.45, 2.75) is 12.5 Å². The van der Waals surface area contributed by atoms with Crippen molar-refractivity contribution >= 4 is 0 Å². The molecular weight excluding hydrogens is 200 g/mol. The number of rotatable bonds is 4. The Morgan fingerprint density at radius 3 is 3.13 bits per heavy atom. The fourth-order valence-corrected chi connectivity index (χ4v) is 1.07. The normalized spacial score (nSPS) is 12.9. The lowest BCUT2D eigenvalue weighted by molar-refractivity contribution is 0.127. The third-order valence-electron chi connectivity index (χ3n) is 1.81. The molecule has 1 atom stereocenters. The molecule has 0 spiro atoms. The van der Waals surface area contributed by atoms with Crippen LogP contribution in [0.15, 0.2) is 10.7 Å². The van der Waals surface area contributed by atoms with E-state index in [1.54, 1.807) is 0 Å². The maximum atomic E-state index is 9.51. The molecule has 80 valence electrons. The number of aliphatic hydroxyl groups excluding tert-OH is 1. The molecule has 0 aliphatic rings. The Balaban J connectivity index is 2.17. The molecule has 0 fully saturated rings. The second kappa shape index (κ2) is 4.15. The summed E-state index contributed by atoms with van der Waals surface area (Å²) in [6.07, 6.45) is 1.01. The second-order valence-corrected chi connectivity index (χ2v) is 2.90. The van der Waals surface area contributed by atoms with E-state index in [1.807, 2.05) is 0 Å². The minimum Gasteiger partial charge on any atom is -0.383 e. The zero-order chi connectivity index (χ0) is 10.7. The summed E-state index contributed by atoms with van der Waals surface area (Å²) in [6, 6.07) is 0. The van der Waals surface area contributed by atoms with Crippen LogP contribution in [0, 0.1) is 0 Å². The Morgan fingerprint density at radius 2 is 2.47 bits per heavy atom. The van der Waals surface area contributed by atoms with Gasteiger partial charge in [0.2, 0.25) is 5.82 Å². The molecule has 0 bridgehead atoms. The molecule has 4 N–H and O–H groups in total. The molecule has 0 saturated carbocycles. The lowest BCUT2D eigenvalue weighted by atomic mass is 10.2. The number of aromatic nitrogens is 5. The van der Waals surface area contributed by atoms with Crippen molar-refractivity contribution in [3.05, 3.63) is 12.1 Å². The van der Waals surface area contributed by atoms with Crippen LogP contribution in [0.2, 0.25) is 0 Å². The van der Waals surface area contributed by atoms with E-state index >= 15 is 0 Å². The average Bonchev–Trinajstić information content (AvgIpc) is 2.89. The first kappa shape index (κ1) is 9.74. The fraction of sp³-hybridized carbons (Fsp3) is 0.429. The molecule has 8 nitrogen and oxygen atoms in total. The second-order valence-electron chi connectivity index (χ2n) is 2.90. The van der Waals surface area contributed by atoms with Crippen LogP contribution in [0.1, 0.15) is 18.4 Å². The summed E-state index contributed by atoms with van der Waals surface area (Å²) in [4.78, 5) is 3.97. The molecule has 0 aliphatic heterocycles. The monoisotopic (exact) mass is 210 g/mol. The van der Waals surface area contributed by atoms with Crippen LogP contribution >= 0.6 is 0 Å². The Bertz CT molecular complexity index is 411. The van der Waals surface area contributed by atoms with E-state index in [-0.39, 0.29) is 11.7 Å². The lowest BCUT2D eigenvalue weighted by Gasteiger charge is -2.00. The third kappa shape index (κ3) is 2.00. The molecule has 8 heteroatoms. The summed E-state index contributed by atoms with van der Waals surface area (Å²) >= 11 is 0. The zero-order valence-electron chi connectivity index (χ0n) is 7.79. The number of aliphatic hydroxyl groups is 1. The van der Waals surface area contributed by atoms with Crippen molar-refractivity contribution in [3.63, 3.8) is 0 Å². The number of aromatic amines is 1. The van der Waals surface area contributed by atoms with Crippen LogP contribution in [-0.4, -0.2) is 37.2 Å². The lowest BCUT2D eigenvalue weighted by Crippen LogP contribution is -2.06. The topological polar surface area (TPSA) is 127 Å². The van der Waals surface area contributed by atoms with Crippen molar-refractivity contribution in [1.82, 2.24) is 25.6 Å². The van der Waals surface area contributed by atoms with Crippen molar-refractivity contribution in [2.24, 2.45) is 5.73 Å². The summed E-state index contributed by atoms with van der Waals surface area (Å²) in [7, 11) is 0. The van der Waals surface area contributed by atoms with Gasteiger partial charge < -0.3 is 15.4 Å². The number of hydrogen-bond donors (Lipinski definition) is 3. The Hall–Kier alpha value is -1.80. The first-order valence-corrected chi connectivity index (χ1v) is 4.39. The van der Waals surface area contributed by atoms with E-state index in [9.17, 15) is 5.11 Å². The van der Waals surface area contributed by atoms with Gasteiger partial charge in [0, 0.05) is 0 Å². The maximum absolute atomic E-state index is 9.51. The average molecular weight is 210 g/mol. The highest BCUT2D eigenvalue weighted by Gasteiger charge is 2.17. The van der Waals surface area contributed by atoms with Crippen LogP contribution in [0.25, 0.3) is 11.5 Å². The van der Waals surface area contributed by atoms with E-state index in [2.05, 4.69) is 25.6 Å². The molecule has 2 heterocycles. The van der Waals surface area contributed by atoms with E-state index in [0.29, 0.717) is 18.7 Å². The number of nitrogens with zero attached hydrogens (tertiary/aromatic N) is 4. The molecule has 2 aromatic rings. The van der Waals surface area contributed by atoms with Gasteiger partial charge in [-0.3, -0.25) is 0 Å². The number of H-pyrrole nitrogens is 1. The molecule has 0 unspecified atom stereocenters. The van der Waals surface area contributed by atoms with Gasteiger partial charge in [0.25, 0.3) is 5.89 Å². The summed E-state index contributed by atoms with van der Waals surface area (Å²) < 4.78 is 4.85. The summed E-state index contributed by atoms with van der Waals surface area (Å²) in [5, 5.41) is 23.0. The minimum atomic E-state index is -0.830. The predicted molar refractivity (Wildman–Crippen MR) is 48.3 cm³/mol. The fourth-order valence-electron chi connectivity index (χ4n) is 1.07. The molecule has 15 heavy (non-hydrogen) atoms. The van der Waals surface area contributed by atoms with E-state index < -0.39 is 6.10 Å². The van der Waals surface area contributed by atoms with Gasteiger partial charge in [-0.1, -0.05) is 5.16 Å². The van der Waals surface area contributed by atoms with Gasteiger partial charge in [0.15, 0.2) is 5.69 Å². The molecule has 0 aliphatic carbocycles. The number of nitrogens with one attached hydrogen (secondary N) is 1. The summed E-state index contributed by atoms with van der Waals surface area (Å²) in [6.45, 7) is 0.350. The third-order valence-corrected chi connectivity index (χ3v) is 1.81. The molecule has 2 aromatic heterocycles. The van der Waals surface area contributed by atoms with Gasteiger partial charge in [-0.25, -0.2) is 0 Å². The first-order chi connectivity index (χ1) is 7.31. The van der Waals surface area contributed by atoms with Gasteiger partial charge in [0.1, 0.15) is 6.10 Å². The maximum Gasteiger partial charge on any atom is 0.255 e. The van der Waals surface area contributed by atoms with Crippen LogP contribution < -0.4 is 5.73 Å². The highest BCUT2D eigenvalue weighted by molar-refractivity contribution is 5.44. The standard InChI is InChI=1S/C7H10N6O2/c8-2-1-5(14)7-10-6(12-15-7)4-3-9-13-11-4/h3,5,14H,1-2,8H2,(H,9,11,13)/t5-/m0/s1. The smallest absolute Gasteiger partial charge is 0.255 e. The number of hydrogen-bond acceptors (Lipinski definition) is 7. The SMILES string of the molecule is NCC[C@H](O)c1nc(-c2cn[nH]n2)no1. The molecular formula is C7H10N6O2. The summed E-state index contributed by atoms with van der Waals surface area (Å²) in [5.74, 6) is 0.424.